The average molecular weight is 304 g/mol. The van der Waals surface area contributed by atoms with E-state index in [1.807, 2.05) is 6.92 Å². The number of aromatic carboxylic acids is 1. The van der Waals surface area contributed by atoms with E-state index in [4.69, 9.17) is 16.7 Å². The van der Waals surface area contributed by atoms with Crippen molar-refractivity contribution >= 4 is 29.2 Å². The maximum absolute atomic E-state index is 12.2. The van der Waals surface area contributed by atoms with Gasteiger partial charge in [0.15, 0.2) is 0 Å². The largest absolute Gasteiger partial charge is 0.478 e. The fourth-order valence-electron chi connectivity index (χ4n) is 1.93. The van der Waals surface area contributed by atoms with Crippen LogP contribution in [0.1, 0.15) is 31.8 Å². The Labute approximate surface area is 127 Å². The van der Waals surface area contributed by atoms with Crippen LogP contribution in [-0.2, 0) is 0 Å². The van der Waals surface area contributed by atoms with Gasteiger partial charge in [-0.25, -0.2) is 4.79 Å². The Hall–Kier alpha value is -2.33. The molecule has 4 nitrogen and oxygen atoms in total. The zero-order chi connectivity index (χ0) is 15.6. The van der Waals surface area contributed by atoms with Gasteiger partial charge in [-0.15, -0.1) is 0 Å². The van der Waals surface area contributed by atoms with E-state index in [0.29, 0.717) is 21.8 Å². The van der Waals surface area contributed by atoms with E-state index in [2.05, 4.69) is 5.32 Å². The highest BCUT2D eigenvalue weighted by Crippen LogP contribution is 2.20. The molecule has 0 fully saturated rings. The number of carbonyl (C=O) groups excluding carboxylic acids is 1. The summed E-state index contributed by atoms with van der Waals surface area (Å²) in [5.41, 5.74) is 2.51. The van der Waals surface area contributed by atoms with Crippen LogP contribution in [0, 0.1) is 13.8 Å². The lowest BCUT2D eigenvalue weighted by atomic mass is 10.1. The van der Waals surface area contributed by atoms with Gasteiger partial charge in [0.05, 0.1) is 16.1 Å². The second kappa shape index (κ2) is 5.97. The molecule has 0 saturated carbocycles. The topological polar surface area (TPSA) is 66.4 Å². The second-order valence-corrected chi connectivity index (χ2v) is 5.18. The molecular formula is C16H14ClNO3. The Bertz CT molecular complexity index is 725. The average Bonchev–Trinajstić information content (AvgIpc) is 2.40. The lowest BCUT2D eigenvalue weighted by Gasteiger charge is -2.09. The number of halogens is 1. The zero-order valence-electron chi connectivity index (χ0n) is 11.6. The third-order valence-corrected chi connectivity index (χ3v) is 3.41. The van der Waals surface area contributed by atoms with E-state index in [1.165, 1.54) is 6.07 Å². The molecule has 108 valence electrons. The number of carboxylic acids is 1. The van der Waals surface area contributed by atoms with Gasteiger partial charge in [0, 0.05) is 5.69 Å². The number of rotatable bonds is 3. The fourth-order valence-corrected chi connectivity index (χ4v) is 2.25. The molecule has 0 unspecified atom stereocenters. The first-order chi connectivity index (χ1) is 9.88. The van der Waals surface area contributed by atoms with Crippen molar-refractivity contribution in [1.29, 1.82) is 0 Å². The number of carbonyl (C=O) groups is 2. The van der Waals surface area contributed by atoms with Crippen molar-refractivity contribution in [3.8, 4) is 0 Å². The maximum atomic E-state index is 12.2. The van der Waals surface area contributed by atoms with Crippen molar-refractivity contribution in [3.05, 3.63) is 63.7 Å². The molecule has 2 aromatic rings. The molecule has 2 rings (SSSR count). The Morgan fingerprint density at radius 3 is 2.38 bits per heavy atom. The van der Waals surface area contributed by atoms with E-state index in [9.17, 15) is 9.59 Å². The highest BCUT2D eigenvalue weighted by molar-refractivity contribution is 6.34. The number of aryl methyl sites for hydroxylation is 2. The molecule has 2 aromatic carbocycles. The van der Waals surface area contributed by atoms with Crippen LogP contribution in [0.3, 0.4) is 0 Å². The molecule has 0 bridgehead atoms. The van der Waals surface area contributed by atoms with Crippen LogP contribution in [0.15, 0.2) is 36.4 Å². The van der Waals surface area contributed by atoms with E-state index in [-0.39, 0.29) is 11.5 Å². The summed E-state index contributed by atoms with van der Waals surface area (Å²) in [5, 5.41) is 12.1. The molecule has 21 heavy (non-hydrogen) atoms. The Morgan fingerprint density at radius 1 is 1.05 bits per heavy atom. The minimum atomic E-state index is -1.03. The predicted molar refractivity (Wildman–Crippen MR) is 82.3 cm³/mol. The summed E-state index contributed by atoms with van der Waals surface area (Å²) in [6.45, 7) is 3.58. The van der Waals surface area contributed by atoms with Crippen LogP contribution >= 0.6 is 11.6 Å². The van der Waals surface area contributed by atoms with Crippen molar-refractivity contribution in [2.24, 2.45) is 0 Å². The lowest BCUT2D eigenvalue weighted by molar-refractivity contribution is 0.0695. The fraction of sp³-hybridized carbons (Fsp3) is 0.125. The molecule has 0 atom stereocenters. The Kier molecular flexibility index (Phi) is 4.29. The molecule has 0 aliphatic heterocycles. The minimum absolute atomic E-state index is 0.155. The summed E-state index contributed by atoms with van der Waals surface area (Å²) < 4.78 is 0. The number of hydrogen-bond acceptors (Lipinski definition) is 2. The van der Waals surface area contributed by atoms with E-state index in [1.54, 1.807) is 37.3 Å². The monoisotopic (exact) mass is 303 g/mol. The first kappa shape index (κ1) is 15.1. The van der Waals surface area contributed by atoms with Gasteiger partial charge in [-0.05, 0) is 49.2 Å². The van der Waals surface area contributed by atoms with Crippen molar-refractivity contribution in [2.75, 3.05) is 5.32 Å². The number of benzene rings is 2. The second-order valence-electron chi connectivity index (χ2n) is 4.77. The highest BCUT2D eigenvalue weighted by Gasteiger charge is 2.13. The molecule has 0 radical (unpaired) electrons. The molecule has 0 aliphatic rings. The van der Waals surface area contributed by atoms with E-state index in [0.717, 1.165) is 5.56 Å². The SMILES string of the molecule is Cc1ccc(C(=O)Nc2ccc(C)c(C(=O)O)c2)c(Cl)c1. The molecule has 2 N–H and O–H groups in total. The molecule has 1 amide bonds. The standard InChI is InChI=1S/C16H14ClNO3/c1-9-3-6-12(14(17)7-9)15(19)18-11-5-4-10(2)13(8-11)16(20)21/h3-8H,1-2H3,(H,18,19)(H,20,21). The predicted octanol–water partition coefficient (Wildman–Crippen LogP) is 3.91. The van der Waals surface area contributed by atoms with Gasteiger partial charge in [0.1, 0.15) is 0 Å². The van der Waals surface area contributed by atoms with Crippen molar-refractivity contribution < 1.29 is 14.7 Å². The number of amides is 1. The first-order valence-electron chi connectivity index (χ1n) is 6.30. The van der Waals surface area contributed by atoms with Gasteiger partial charge >= 0.3 is 5.97 Å². The van der Waals surface area contributed by atoms with Gasteiger partial charge in [-0.3, -0.25) is 4.79 Å². The van der Waals surface area contributed by atoms with Crippen LogP contribution in [0.25, 0.3) is 0 Å². The van der Waals surface area contributed by atoms with E-state index >= 15 is 0 Å². The number of carboxylic acid groups (broad SMARTS) is 1. The lowest BCUT2D eigenvalue weighted by Crippen LogP contribution is -2.13. The normalized spacial score (nSPS) is 10.2. The van der Waals surface area contributed by atoms with Crippen molar-refractivity contribution in [2.45, 2.75) is 13.8 Å². The van der Waals surface area contributed by atoms with Crippen LogP contribution in [0.2, 0.25) is 5.02 Å². The van der Waals surface area contributed by atoms with Gasteiger partial charge in [0.2, 0.25) is 0 Å². The molecule has 0 aliphatic carbocycles. The zero-order valence-corrected chi connectivity index (χ0v) is 12.4. The number of nitrogens with one attached hydrogen (secondary N) is 1. The van der Waals surface area contributed by atoms with Crippen LogP contribution in [0.5, 0.6) is 0 Å². The van der Waals surface area contributed by atoms with Gasteiger partial charge < -0.3 is 10.4 Å². The van der Waals surface area contributed by atoms with Gasteiger partial charge in [-0.2, -0.15) is 0 Å². The third-order valence-electron chi connectivity index (χ3n) is 3.10. The molecular weight excluding hydrogens is 290 g/mol. The Morgan fingerprint density at radius 2 is 1.76 bits per heavy atom. The van der Waals surface area contributed by atoms with Crippen LogP contribution in [-0.4, -0.2) is 17.0 Å². The molecule has 0 aromatic heterocycles. The summed E-state index contributed by atoms with van der Waals surface area (Å²) in [6.07, 6.45) is 0. The summed E-state index contributed by atoms with van der Waals surface area (Å²) in [7, 11) is 0. The number of hydrogen-bond donors (Lipinski definition) is 2. The maximum Gasteiger partial charge on any atom is 0.336 e. The number of anilines is 1. The summed E-state index contributed by atoms with van der Waals surface area (Å²) in [6, 6.07) is 9.86. The molecule has 5 heteroatoms. The Balaban J connectivity index is 2.27. The summed E-state index contributed by atoms with van der Waals surface area (Å²) >= 11 is 6.04. The van der Waals surface area contributed by atoms with Crippen LogP contribution < -0.4 is 5.32 Å². The summed E-state index contributed by atoms with van der Waals surface area (Å²) in [5.74, 6) is -1.41. The molecule has 0 heterocycles. The first-order valence-corrected chi connectivity index (χ1v) is 6.67. The smallest absolute Gasteiger partial charge is 0.336 e. The van der Waals surface area contributed by atoms with Gasteiger partial charge in [-0.1, -0.05) is 23.7 Å². The van der Waals surface area contributed by atoms with Gasteiger partial charge in [0.25, 0.3) is 5.91 Å². The molecule has 0 saturated heterocycles. The minimum Gasteiger partial charge on any atom is -0.478 e. The van der Waals surface area contributed by atoms with Crippen molar-refractivity contribution in [3.63, 3.8) is 0 Å². The van der Waals surface area contributed by atoms with E-state index < -0.39 is 5.97 Å². The molecule has 0 spiro atoms. The third kappa shape index (κ3) is 3.41. The highest BCUT2D eigenvalue weighted by atomic mass is 35.5. The van der Waals surface area contributed by atoms with Crippen molar-refractivity contribution in [1.82, 2.24) is 0 Å². The summed E-state index contributed by atoms with van der Waals surface area (Å²) in [4.78, 5) is 23.3. The quantitative estimate of drug-likeness (QED) is 0.903. The van der Waals surface area contributed by atoms with Crippen LogP contribution in [0.4, 0.5) is 5.69 Å².